The first-order valence-electron chi connectivity index (χ1n) is 12.9. The van der Waals surface area contributed by atoms with Crippen molar-refractivity contribution in [3.05, 3.63) is 59.7 Å². The Bertz CT molecular complexity index is 1050. The van der Waals surface area contributed by atoms with Crippen molar-refractivity contribution in [2.75, 3.05) is 27.3 Å². The second-order valence-electron chi connectivity index (χ2n) is 10.0. The summed E-state index contributed by atoms with van der Waals surface area (Å²) in [6, 6.07) is 15.3. The number of ketones is 2. The van der Waals surface area contributed by atoms with Crippen LogP contribution in [0.15, 0.2) is 48.5 Å². The van der Waals surface area contributed by atoms with E-state index in [1.54, 1.807) is 37.9 Å². The van der Waals surface area contributed by atoms with Crippen LogP contribution in [0.3, 0.4) is 0 Å². The number of rotatable bonds is 8. The zero-order chi connectivity index (χ0) is 28.0. The second kappa shape index (κ2) is 12.7. The lowest BCUT2D eigenvalue weighted by atomic mass is 10.0. The monoisotopic (exact) mass is 522 g/mol. The van der Waals surface area contributed by atoms with Crippen molar-refractivity contribution in [2.45, 2.75) is 52.6 Å². The lowest BCUT2D eigenvalue weighted by molar-refractivity contribution is -0.130. The molecule has 2 aliphatic rings. The molecule has 2 aliphatic heterocycles. The van der Waals surface area contributed by atoms with Crippen molar-refractivity contribution >= 4 is 23.4 Å². The van der Waals surface area contributed by atoms with Crippen LogP contribution in [0, 0.1) is 11.8 Å². The summed E-state index contributed by atoms with van der Waals surface area (Å²) in [5.74, 6) is 1.61. The molecule has 0 radical (unpaired) electrons. The average molecular weight is 523 g/mol. The molecule has 4 rings (SSSR count). The van der Waals surface area contributed by atoms with Crippen molar-refractivity contribution in [1.82, 2.24) is 9.80 Å². The highest BCUT2D eigenvalue weighted by atomic mass is 16.5. The van der Waals surface area contributed by atoms with E-state index in [0.717, 1.165) is 22.6 Å². The summed E-state index contributed by atoms with van der Waals surface area (Å²) in [5, 5.41) is 0. The lowest BCUT2D eigenvalue weighted by Crippen LogP contribution is -2.29. The lowest BCUT2D eigenvalue weighted by Gasteiger charge is -2.25. The molecule has 38 heavy (non-hydrogen) atoms. The predicted molar refractivity (Wildman–Crippen MR) is 144 cm³/mol. The zero-order valence-corrected chi connectivity index (χ0v) is 23.1. The molecular formula is C30H38N2O6. The van der Waals surface area contributed by atoms with Crippen molar-refractivity contribution in [1.29, 1.82) is 0 Å². The smallest absolute Gasteiger partial charge is 0.223 e. The van der Waals surface area contributed by atoms with Gasteiger partial charge in [-0.15, -0.1) is 0 Å². The third-order valence-corrected chi connectivity index (χ3v) is 7.60. The van der Waals surface area contributed by atoms with Crippen LogP contribution in [0.2, 0.25) is 0 Å². The summed E-state index contributed by atoms with van der Waals surface area (Å²) in [6.07, 6.45) is 0.686. The van der Waals surface area contributed by atoms with Gasteiger partial charge in [0.15, 0.2) is 0 Å². The first-order chi connectivity index (χ1) is 18.0. The molecule has 2 saturated heterocycles. The van der Waals surface area contributed by atoms with E-state index in [9.17, 15) is 19.2 Å². The molecule has 0 aromatic heterocycles. The minimum Gasteiger partial charge on any atom is -0.497 e. The number of benzene rings is 2. The van der Waals surface area contributed by atoms with Crippen LogP contribution in [0.1, 0.15) is 63.7 Å². The van der Waals surface area contributed by atoms with Crippen LogP contribution in [-0.2, 0) is 19.2 Å². The maximum absolute atomic E-state index is 12.0. The fourth-order valence-corrected chi connectivity index (χ4v) is 4.88. The van der Waals surface area contributed by atoms with Gasteiger partial charge in [0.25, 0.3) is 0 Å². The third kappa shape index (κ3) is 6.79. The standard InChI is InChI=1S/2C15H19NO3/c2*1-10(12-4-6-14(19-3)7-5-12)16-9-13(11(2)17)8-15(16)18/h2*4-7,10,13H,8-9H2,1-3H3/t10-,13?;10-,13+/m00/s1. The molecule has 0 saturated carbocycles. The number of nitrogens with zero attached hydrogens (tertiary/aromatic N) is 2. The minimum atomic E-state index is -0.145. The number of amides is 2. The molecule has 0 bridgehead atoms. The van der Waals surface area contributed by atoms with Crippen molar-refractivity contribution in [3.8, 4) is 11.5 Å². The normalized spacial score (nSPS) is 20.5. The molecule has 2 amide bonds. The van der Waals surface area contributed by atoms with E-state index >= 15 is 0 Å². The predicted octanol–water partition coefficient (Wildman–Crippen LogP) is 4.39. The third-order valence-electron chi connectivity index (χ3n) is 7.60. The van der Waals surface area contributed by atoms with Crippen LogP contribution >= 0.6 is 0 Å². The highest BCUT2D eigenvalue weighted by molar-refractivity contribution is 5.90. The number of Topliss-reactive ketones (excluding diaryl/α,β-unsaturated/α-hetero) is 2. The van der Waals surface area contributed by atoms with Crippen molar-refractivity contribution in [2.24, 2.45) is 11.8 Å². The molecular weight excluding hydrogens is 484 g/mol. The highest BCUT2D eigenvalue weighted by Crippen LogP contribution is 2.31. The van der Waals surface area contributed by atoms with Gasteiger partial charge in [0.1, 0.15) is 23.1 Å². The molecule has 204 valence electrons. The first-order valence-corrected chi connectivity index (χ1v) is 12.9. The Kier molecular flexibility index (Phi) is 9.66. The highest BCUT2D eigenvalue weighted by Gasteiger charge is 2.36. The Balaban J connectivity index is 0.000000211. The molecule has 0 N–H and O–H groups in total. The van der Waals surface area contributed by atoms with Gasteiger partial charge in [-0.25, -0.2) is 0 Å². The van der Waals surface area contributed by atoms with Crippen LogP contribution < -0.4 is 9.47 Å². The Hall–Kier alpha value is -3.68. The molecule has 0 aliphatic carbocycles. The number of carbonyl (C=O) groups excluding carboxylic acids is 4. The molecule has 4 atom stereocenters. The van der Waals surface area contributed by atoms with Gasteiger partial charge in [-0.05, 0) is 63.1 Å². The largest absolute Gasteiger partial charge is 0.497 e. The number of ether oxygens (including phenoxy) is 2. The van der Waals surface area contributed by atoms with Gasteiger partial charge < -0.3 is 19.3 Å². The topological polar surface area (TPSA) is 93.2 Å². The van der Waals surface area contributed by atoms with Crippen LogP contribution in [0.5, 0.6) is 11.5 Å². The number of hydrogen-bond acceptors (Lipinski definition) is 6. The van der Waals surface area contributed by atoms with Crippen molar-refractivity contribution < 1.29 is 28.7 Å². The van der Waals surface area contributed by atoms with E-state index in [2.05, 4.69) is 0 Å². The molecule has 2 aromatic carbocycles. The second-order valence-corrected chi connectivity index (χ2v) is 10.0. The van der Waals surface area contributed by atoms with E-state index in [-0.39, 0.29) is 47.3 Å². The van der Waals surface area contributed by atoms with Gasteiger partial charge in [-0.3, -0.25) is 19.2 Å². The fraction of sp³-hybridized carbons (Fsp3) is 0.467. The molecule has 1 unspecified atom stereocenters. The quantitative estimate of drug-likeness (QED) is 0.511. The van der Waals surface area contributed by atoms with E-state index in [1.165, 1.54) is 0 Å². The molecule has 2 fully saturated rings. The number of carbonyl (C=O) groups is 4. The fourth-order valence-electron chi connectivity index (χ4n) is 4.88. The minimum absolute atomic E-state index is 0.0113. The Labute approximate surface area is 224 Å². The molecule has 2 aromatic rings. The average Bonchev–Trinajstić information content (AvgIpc) is 3.51. The van der Waals surface area contributed by atoms with Gasteiger partial charge in [0.05, 0.1) is 26.3 Å². The SMILES string of the molecule is COc1ccc([C@H](C)N2CC(C(C)=O)CC2=O)cc1.COc1ccc([C@H](C)N2C[C@H](C(C)=O)CC2=O)cc1. The maximum atomic E-state index is 12.0. The summed E-state index contributed by atoms with van der Waals surface area (Å²) in [7, 11) is 3.25. The Morgan fingerprint density at radius 1 is 0.684 bits per heavy atom. The van der Waals surface area contributed by atoms with Gasteiger partial charge in [0, 0.05) is 37.8 Å². The van der Waals surface area contributed by atoms with Crippen molar-refractivity contribution in [3.63, 3.8) is 0 Å². The summed E-state index contributed by atoms with van der Waals surface area (Å²) < 4.78 is 10.2. The van der Waals surface area contributed by atoms with Gasteiger partial charge in [-0.1, -0.05) is 24.3 Å². The van der Waals surface area contributed by atoms with Gasteiger partial charge >= 0.3 is 0 Å². The van der Waals surface area contributed by atoms with Gasteiger partial charge in [0.2, 0.25) is 11.8 Å². The van der Waals surface area contributed by atoms with E-state index in [0.29, 0.717) is 25.9 Å². The van der Waals surface area contributed by atoms with E-state index in [1.807, 2.05) is 62.4 Å². The number of hydrogen-bond donors (Lipinski definition) is 0. The number of methoxy groups -OCH3 is 2. The molecule has 8 nitrogen and oxygen atoms in total. The van der Waals surface area contributed by atoms with Crippen LogP contribution in [-0.4, -0.2) is 60.5 Å². The first kappa shape index (κ1) is 28.9. The Morgan fingerprint density at radius 3 is 1.24 bits per heavy atom. The Morgan fingerprint density at radius 2 is 1.00 bits per heavy atom. The zero-order valence-electron chi connectivity index (χ0n) is 23.1. The van der Waals surface area contributed by atoms with E-state index in [4.69, 9.17) is 9.47 Å². The maximum Gasteiger partial charge on any atom is 0.223 e. The van der Waals surface area contributed by atoms with Crippen LogP contribution in [0.4, 0.5) is 0 Å². The number of likely N-dealkylation sites (tertiary alicyclic amines) is 2. The van der Waals surface area contributed by atoms with E-state index < -0.39 is 0 Å². The summed E-state index contributed by atoms with van der Waals surface area (Å²) in [5.41, 5.74) is 2.11. The summed E-state index contributed by atoms with van der Waals surface area (Å²) in [4.78, 5) is 50.3. The van der Waals surface area contributed by atoms with Crippen LogP contribution in [0.25, 0.3) is 0 Å². The molecule has 2 heterocycles. The molecule has 8 heteroatoms. The molecule has 0 spiro atoms. The summed E-state index contributed by atoms with van der Waals surface area (Å²) in [6.45, 7) is 8.15. The van der Waals surface area contributed by atoms with Gasteiger partial charge in [-0.2, -0.15) is 0 Å². The summed E-state index contributed by atoms with van der Waals surface area (Å²) >= 11 is 0.